The molecule has 1 aromatic rings. The number of aryl methyl sites for hydroxylation is 1. The highest BCUT2D eigenvalue weighted by atomic mass is 32.2. The molecule has 1 N–H and O–H groups in total. The molecular formula is C13H18NO2S. The zero-order valence-corrected chi connectivity index (χ0v) is 10.8. The lowest BCUT2D eigenvalue weighted by Crippen LogP contribution is -2.36. The van der Waals surface area contributed by atoms with Gasteiger partial charge >= 0.3 is 0 Å². The van der Waals surface area contributed by atoms with Gasteiger partial charge in [-0.15, -0.1) is 0 Å². The largest absolute Gasteiger partial charge is 0.240 e. The van der Waals surface area contributed by atoms with E-state index in [4.69, 9.17) is 0 Å². The molecule has 0 bridgehead atoms. The number of benzene rings is 1. The molecule has 93 valence electrons. The van der Waals surface area contributed by atoms with Crippen LogP contribution in [0.15, 0.2) is 29.2 Å². The van der Waals surface area contributed by atoms with Gasteiger partial charge in [0, 0.05) is 6.04 Å². The van der Waals surface area contributed by atoms with Crippen LogP contribution in [0.2, 0.25) is 0 Å². The van der Waals surface area contributed by atoms with Crippen molar-refractivity contribution in [3.05, 3.63) is 36.2 Å². The van der Waals surface area contributed by atoms with Crippen LogP contribution in [-0.4, -0.2) is 14.5 Å². The van der Waals surface area contributed by atoms with E-state index in [-0.39, 0.29) is 6.04 Å². The summed E-state index contributed by atoms with van der Waals surface area (Å²) in [4.78, 5) is 0.349. The van der Waals surface area contributed by atoms with Crippen molar-refractivity contribution in [3.8, 4) is 0 Å². The number of rotatable bonds is 3. The summed E-state index contributed by atoms with van der Waals surface area (Å²) >= 11 is 0. The van der Waals surface area contributed by atoms with E-state index < -0.39 is 10.0 Å². The monoisotopic (exact) mass is 252 g/mol. The molecule has 0 saturated heterocycles. The van der Waals surface area contributed by atoms with Crippen LogP contribution in [0.3, 0.4) is 0 Å². The van der Waals surface area contributed by atoms with E-state index in [1.165, 1.54) is 6.42 Å². The number of hydrogen-bond donors (Lipinski definition) is 1. The second kappa shape index (κ2) is 5.19. The number of hydrogen-bond acceptors (Lipinski definition) is 2. The van der Waals surface area contributed by atoms with E-state index in [1.807, 2.05) is 19.1 Å². The lowest BCUT2D eigenvalue weighted by molar-refractivity contribution is 0.488. The highest BCUT2D eigenvalue weighted by Crippen LogP contribution is 2.19. The molecule has 0 heterocycles. The summed E-state index contributed by atoms with van der Waals surface area (Å²) in [6.07, 6.45) is 6.24. The smallest absolute Gasteiger partial charge is 0.208 e. The first-order valence-corrected chi connectivity index (χ1v) is 7.48. The normalized spacial score (nSPS) is 18.2. The molecule has 3 nitrogen and oxygen atoms in total. The Kier molecular flexibility index (Phi) is 3.84. The average molecular weight is 252 g/mol. The van der Waals surface area contributed by atoms with Crippen molar-refractivity contribution < 1.29 is 8.42 Å². The lowest BCUT2D eigenvalue weighted by atomic mass is 9.96. The summed E-state index contributed by atoms with van der Waals surface area (Å²) in [6.45, 7) is 1.94. The van der Waals surface area contributed by atoms with Gasteiger partial charge < -0.3 is 0 Å². The van der Waals surface area contributed by atoms with E-state index in [9.17, 15) is 8.42 Å². The van der Waals surface area contributed by atoms with E-state index in [0.29, 0.717) is 4.90 Å². The lowest BCUT2D eigenvalue weighted by Gasteiger charge is -2.22. The summed E-state index contributed by atoms with van der Waals surface area (Å²) in [6, 6.07) is 6.94. The second-order valence-electron chi connectivity index (χ2n) is 4.56. The fraction of sp³-hybridized carbons (Fsp3) is 0.462. The topological polar surface area (TPSA) is 46.2 Å². The summed E-state index contributed by atoms with van der Waals surface area (Å²) < 4.78 is 26.9. The van der Waals surface area contributed by atoms with Crippen molar-refractivity contribution in [2.24, 2.45) is 0 Å². The number of nitrogens with one attached hydrogen (secondary N) is 1. The van der Waals surface area contributed by atoms with E-state index in [1.54, 1.807) is 12.1 Å². The van der Waals surface area contributed by atoms with Crippen molar-refractivity contribution in [2.75, 3.05) is 0 Å². The third kappa shape index (κ3) is 3.30. The van der Waals surface area contributed by atoms with Gasteiger partial charge in [-0.25, -0.2) is 13.1 Å². The van der Waals surface area contributed by atoms with Gasteiger partial charge in [0.15, 0.2) is 0 Å². The van der Waals surface area contributed by atoms with Gasteiger partial charge in [-0.3, -0.25) is 0 Å². The quantitative estimate of drug-likeness (QED) is 0.898. The highest BCUT2D eigenvalue weighted by molar-refractivity contribution is 7.89. The molecule has 1 aromatic carbocycles. The van der Waals surface area contributed by atoms with Gasteiger partial charge in [0.05, 0.1) is 4.90 Å². The van der Waals surface area contributed by atoms with E-state index >= 15 is 0 Å². The van der Waals surface area contributed by atoms with Crippen LogP contribution in [0.5, 0.6) is 0 Å². The Morgan fingerprint density at radius 1 is 1.18 bits per heavy atom. The van der Waals surface area contributed by atoms with Gasteiger partial charge in [0.1, 0.15) is 0 Å². The van der Waals surface area contributed by atoms with Crippen LogP contribution in [0.4, 0.5) is 0 Å². The summed E-state index contributed by atoms with van der Waals surface area (Å²) in [5.41, 5.74) is 1.06. The average Bonchev–Trinajstić information content (AvgIpc) is 2.30. The standard InChI is InChI=1S/C13H18NO2S/c1-11-7-9-13(10-8-11)17(15,16)14-12-5-3-2-4-6-12/h5,7-10,12,14H,2-4,6H2,1H3/t12-/m1/s1. The summed E-state index contributed by atoms with van der Waals surface area (Å²) in [5, 5.41) is 0. The Morgan fingerprint density at radius 3 is 2.47 bits per heavy atom. The molecule has 0 spiro atoms. The Labute approximate surface area is 103 Å². The SMILES string of the molecule is Cc1ccc(S(=O)(=O)N[C@@H]2[CH]CCCC2)cc1. The molecule has 4 heteroatoms. The third-order valence-corrected chi connectivity index (χ3v) is 4.56. The zero-order valence-electron chi connectivity index (χ0n) is 10.0. The van der Waals surface area contributed by atoms with Crippen molar-refractivity contribution in [1.82, 2.24) is 4.72 Å². The van der Waals surface area contributed by atoms with Gasteiger partial charge in [0.25, 0.3) is 0 Å². The maximum Gasteiger partial charge on any atom is 0.240 e. The van der Waals surface area contributed by atoms with Crippen molar-refractivity contribution in [1.29, 1.82) is 0 Å². The van der Waals surface area contributed by atoms with Crippen LogP contribution in [-0.2, 0) is 10.0 Å². The number of sulfonamides is 1. The van der Waals surface area contributed by atoms with Crippen molar-refractivity contribution >= 4 is 10.0 Å². The molecule has 1 radical (unpaired) electrons. The van der Waals surface area contributed by atoms with Crippen LogP contribution in [0.1, 0.15) is 31.2 Å². The first-order chi connectivity index (χ1) is 8.08. The van der Waals surface area contributed by atoms with Crippen LogP contribution in [0.25, 0.3) is 0 Å². The van der Waals surface area contributed by atoms with E-state index in [0.717, 1.165) is 24.8 Å². The minimum atomic E-state index is -3.36. The molecule has 0 amide bonds. The zero-order chi connectivity index (χ0) is 12.3. The summed E-state index contributed by atoms with van der Waals surface area (Å²) in [5.74, 6) is 0. The maximum atomic E-state index is 12.1. The Morgan fingerprint density at radius 2 is 1.88 bits per heavy atom. The van der Waals surface area contributed by atoms with Crippen LogP contribution in [0, 0.1) is 13.3 Å². The molecule has 0 aromatic heterocycles. The van der Waals surface area contributed by atoms with Crippen molar-refractivity contribution in [3.63, 3.8) is 0 Å². The van der Waals surface area contributed by atoms with Crippen LogP contribution < -0.4 is 4.72 Å². The molecule has 2 rings (SSSR count). The predicted molar refractivity (Wildman–Crippen MR) is 68.1 cm³/mol. The molecule has 0 aliphatic heterocycles. The predicted octanol–water partition coefficient (Wildman–Crippen LogP) is 2.42. The molecule has 1 saturated carbocycles. The molecule has 17 heavy (non-hydrogen) atoms. The Bertz CT molecular complexity index is 459. The van der Waals surface area contributed by atoms with Gasteiger partial charge in [-0.1, -0.05) is 30.5 Å². The Balaban J connectivity index is 2.10. The van der Waals surface area contributed by atoms with Gasteiger partial charge in [-0.05, 0) is 38.3 Å². The molecule has 1 fully saturated rings. The molecule has 0 unspecified atom stereocenters. The first-order valence-electron chi connectivity index (χ1n) is 6.00. The molecule has 1 aliphatic rings. The molecule has 1 aliphatic carbocycles. The third-order valence-electron chi connectivity index (χ3n) is 3.06. The second-order valence-corrected chi connectivity index (χ2v) is 6.27. The van der Waals surface area contributed by atoms with E-state index in [2.05, 4.69) is 11.1 Å². The molecular weight excluding hydrogens is 234 g/mol. The minimum Gasteiger partial charge on any atom is -0.208 e. The van der Waals surface area contributed by atoms with Gasteiger partial charge in [0.2, 0.25) is 10.0 Å². The van der Waals surface area contributed by atoms with Crippen molar-refractivity contribution in [2.45, 2.75) is 43.5 Å². The Hall–Kier alpha value is -0.870. The maximum absolute atomic E-state index is 12.1. The molecule has 1 atom stereocenters. The fourth-order valence-corrected chi connectivity index (χ4v) is 3.28. The summed E-state index contributed by atoms with van der Waals surface area (Å²) in [7, 11) is -3.36. The fourth-order valence-electron chi connectivity index (χ4n) is 2.04. The minimum absolute atomic E-state index is 0.00458. The highest BCUT2D eigenvalue weighted by Gasteiger charge is 2.21. The van der Waals surface area contributed by atoms with Gasteiger partial charge in [-0.2, -0.15) is 0 Å². The van der Waals surface area contributed by atoms with Crippen LogP contribution >= 0.6 is 0 Å². The first kappa shape index (κ1) is 12.6.